The number of rotatable bonds is 7. The molecular weight excluding hydrogens is 200 g/mol. The van der Waals surface area contributed by atoms with Gasteiger partial charge in [0.1, 0.15) is 0 Å². The summed E-state index contributed by atoms with van der Waals surface area (Å²) in [6.07, 6.45) is 1.41. The van der Waals surface area contributed by atoms with Gasteiger partial charge in [-0.05, 0) is 33.9 Å². The van der Waals surface area contributed by atoms with Crippen molar-refractivity contribution in [2.45, 2.75) is 32.7 Å². The van der Waals surface area contributed by atoms with E-state index in [1.54, 1.807) is 0 Å². The van der Waals surface area contributed by atoms with Crippen molar-refractivity contribution in [3.63, 3.8) is 0 Å². The molecular formula is C10H21ClN2O. The molecule has 0 aromatic carbocycles. The summed E-state index contributed by atoms with van der Waals surface area (Å²) in [5.41, 5.74) is 0. The highest BCUT2D eigenvalue weighted by atomic mass is 35.5. The maximum Gasteiger partial charge on any atom is 0.221 e. The summed E-state index contributed by atoms with van der Waals surface area (Å²) in [4.78, 5) is 13.3. The predicted octanol–water partition coefficient (Wildman–Crippen LogP) is 1.46. The van der Waals surface area contributed by atoms with Gasteiger partial charge in [-0.25, -0.2) is 0 Å². The Morgan fingerprint density at radius 3 is 2.64 bits per heavy atom. The maximum atomic E-state index is 11.0. The Hall–Kier alpha value is -0.280. The van der Waals surface area contributed by atoms with Crippen LogP contribution < -0.4 is 5.32 Å². The van der Waals surface area contributed by atoms with Gasteiger partial charge in [-0.3, -0.25) is 4.79 Å². The summed E-state index contributed by atoms with van der Waals surface area (Å²) >= 11 is 5.43. The molecule has 4 heteroatoms. The lowest BCUT2D eigenvalue weighted by Crippen LogP contribution is -2.31. The fourth-order valence-electron chi connectivity index (χ4n) is 0.989. The number of nitrogens with one attached hydrogen (secondary N) is 1. The minimum atomic E-state index is 0.0483. The van der Waals surface area contributed by atoms with Gasteiger partial charge in [0.15, 0.2) is 0 Å². The van der Waals surface area contributed by atoms with Crippen molar-refractivity contribution >= 4 is 17.5 Å². The van der Waals surface area contributed by atoms with Gasteiger partial charge >= 0.3 is 0 Å². The van der Waals surface area contributed by atoms with Crippen LogP contribution in [0.25, 0.3) is 0 Å². The molecule has 1 amide bonds. The summed E-state index contributed by atoms with van der Waals surface area (Å²) in [5.74, 6) is 0.449. The normalized spacial score (nSPS) is 11.0. The molecule has 0 aliphatic heterocycles. The largest absolute Gasteiger partial charge is 0.356 e. The van der Waals surface area contributed by atoms with Crippen LogP contribution in [-0.4, -0.2) is 42.9 Å². The van der Waals surface area contributed by atoms with Gasteiger partial charge in [-0.2, -0.15) is 0 Å². The SMILES string of the molecule is CC(C)N(C)CCCNC(=O)CCCl. The van der Waals surface area contributed by atoms with Crippen molar-refractivity contribution < 1.29 is 4.79 Å². The lowest BCUT2D eigenvalue weighted by atomic mass is 10.3. The topological polar surface area (TPSA) is 32.3 Å². The minimum absolute atomic E-state index is 0.0483. The molecule has 0 heterocycles. The number of nitrogens with zero attached hydrogens (tertiary/aromatic N) is 1. The lowest BCUT2D eigenvalue weighted by Gasteiger charge is -2.20. The second-order valence-corrected chi connectivity index (χ2v) is 4.09. The second kappa shape index (κ2) is 8.06. The van der Waals surface area contributed by atoms with E-state index >= 15 is 0 Å². The number of carbonyl (C=O) groups is 1. The molecule has 0 fully saturated rings. The van der Waals surface area contributed by atoms with Crippen molar-refractivity contribution in [2.75, 3.05) is 26.0 Å². The van der Waals surface area contributed by atoms with Gasteiger partial charge < -0.3 is 10.2 Å². The minimum Gasteiger partial charge on any atom is -0.356 e. The van der Waals surface area contributed by atoms with E-state index in [2.05, 4.69) is 31.1 Å². The van der Waals surface area contributed by atoms with Crippen LogP contribution >= 0.6 is 11.6 Å². The quantitative estimate of drug-likeness (QED) is 0.521. The first-order valence-corrected chi connectivity index (χ1v) is 5.64. The molecule has 84 valence electrons. The van der Waals surface area contributed by atoms with E-state index in [9.17, 15) is 4.79 Å². The van der Waals surface area contributed by atoms with Gasteiger partial charge in [0.05, 0.1) is 0 Å². The van der Waals surface area contributed by atoms with Crippen LogP contribution in [-0.2, 0) is 4.79 Å². The van der Waals surface area contributed by atoms with Crippen molar-refractivity contribution in [1.82, 2.24) is 10.2 Å². The van der Waals surface area contributed by atoms with Gasteiger partial charge in [-0.1, -0.05) is 0 Å². The fraction of sp³-hybridized carbons (Fsp3) is 0.900. The zero-order valence-corrected chi connectivity index (χ0v) is 10.1. The van der Waals surface area contributed by atoms with Crippen molar-refractivity contribution in [2.24, 2.45) is 0 Å². The third kappa shape index (κ3) is 7.15. The average molecular weight is 221 g/mol. The maximum absolute atomic E-state index is 11.0. The van der Waals surface area contributed by atoms with Gasteiger partial charge in [0.25, 0.3) is 0 Å². The fourth-order valence-corrected chi connectivity index (χ4v) is 1.16. The summed E-state index contributed by atoms with van der Waals surface area (Å²) in [5, 5.41) is 2.83. The highest BCUT2D eigenvalue weighted by molar-refractivity contribution is 6.18. The first-order chi connectivity index (χ1) is 6.57. The Morgan fingerprint density at radius 1 is 1.50 bits per heavy atom. The summed E-state index contributed by atoms with van der Waals surface area (Å²) < 4.78 is 0. The predicted molar refractivity (Wildman–Crippen MR) is 60.7 cm³/mol. The molecule has 0 unspecified atom stereocenters. The van der Waals surface area contributed by atoms with Crippen LogP contribution in [0.4, 0.5) is 0 Å². The van der Waals surface area contributed by atoms with Crippen LogP contribution in [0.15, 0.2) is 0 Å². The van der Waals surface area contributed by atoms with Crippen molar-refractivity contribution in [3.05, 3.63) is 0 Å². The molecule has 14 heavy (non-hydrogen) atoms. The van der Waals surface area contributed by atoms with Crippen molar-refractivity contribution in [1.29, 1.82) is 0 Å². The van der Waals surface area contributed by atoms with E-state index in [1.807, 2.05) is 0 Å². The van der Waals surface area contributed by atoms with Crippen LogP contribution in [0.2, 0.25) is 0 Å². The molecule has 0 aliphatic rings. The molecule has 0 spiro atoms. The molecule has 0 saturated heterocycles. The highest BCUT2D eigenvalue weighted by Crippen LogP contribution is 1.94. The third-order valence-corrected chi connectivity index (χ3v) is 2.40. The molecule has 0 aromatic rings. The zero-order valence-electron chi connectivity index (χ0n) is 9.35. The number of carbonyl (C=O) groups excluding carboxylic acids is 1. The Bertz CT molecular complexity index is 162. The van der Waals surface area contributed by atoms with Crippen LogP contribution in [0.5, 0.6) is 0 Å². The number of amides is 1. The molecule has 0 aliphatic carbocycles. The zero-order chi connectivity index (χ0) is 11.0. The standard InChI is InChI=1S/C10H21ClN2O/c1-9(2)13(3)8-4-7-12-10(14)5-6-11/h9H,4-8H2,1-3H3,(H,12,14). The monoisotopic (exact) mass is 220 g/mol. The Labute approximate surface area is 91.8 Å². The Morgan fingerprint density at radius 2 is 2.14 bits per heavy atom. The molecule has 1 N–H and O–H groups in total. The highest BCUT2D eigenvalue weighted by Gasteiger charge is 2.03. The smallest absolute Gasteiger partial charge is 0.221 e. The van der Waals surface area contributed by atoms with Crippen molar-refractivity contribution in [3.8, 4) is 0 Å². The number of hydrogen-bond acceptors (Lipinski definition) is 2. The third-order valence-electron chi connectivity index (χ3n) is 2.21. The van der Waals surface area contributed by atoms with E-state index in [1.165, 1.54) is 0 Å². The summed E-state index contributed by atoms with van der Waals surface area (Å²) in [6.45, 7) is 6.07. The summed E-state index contributed by atoms with van der Waals surface area (Å²) in [7, 11) is 2.09. The summed E-state index contributed by atoms with van der Waals surface area (Å²) in [6, 6.07) is 0.563. The van der Waals surface area contributed by atoms with E-state index in [4.69, 9.17) is 11.6 Å². The molecule has 0 atom stereocenters. The lowest BCUT2D eigenvalue weighted by molar-refractivity contribution is -0.120. The first-order valence-electron chi connectivity index (χ1n) is 5.10. The Balaban J connectivity index is 3.33. The van der Waals surface area contributed by atoms with E-state index < -0.39 is 0 Å². The molecule has 0 bridgehead atoms. The number of hydrogen-bond donors (Lipinski definition) is 1. The number of alkyl halides is 1. The van der Waals surface area contributed by atoms with Crippen LogP contribution in [0.1, 0.15) is 26.7 Å². The van der Waals surface area contributed by atoms with E-state index in [-0.39, 0.29) is 5.91 Å². The Kier molecular flexibility index (Phi) is 7.90. The number of halogens is 1. The van der Waals surface area contributed by atoms with Gasteiger partial charge in [0.2, 0.25) is 5.91 Å². The van der Waals surface area contributed by atoms with Crippen LogP contribution in [0.3, 0.4) is 0 Å². The average Bonchev–Trinajstić information content (AvgIpc) is 2.12. The van der Waals surface area contributed by atoms with Gasteiger partial charge in [0, 0.05) is 24.9 Å². The molecule has 0 saturated carbocycles. The van der Waals surface area contributed by atoms with Crippen LogP contribution in [0, 0.1) is 0 Å². The second-order valence-electron chi connectivity index (χ2n) is 3.72. The molecule has 0 rings (SSSR count). The van der Waals surface area contributed by atoms with E-state index in [0.717, 1.165) is 19.5 Å². The molecule has 0 radical (unpaired) electrons. The van der Waals surface area contributed by atoms with Gasteiger partial charge in [-0.15, -0.1) is 11.6 Å². The first kappa shape index (κ1) is 13.7. The van der Waals surface area contributed by atoms with E-state index in [0.29, 0.717) is 18.3 Å². The molecule has 0 aromatic heterocycles. The molecule has 3 nitrogen and oxygen atoms in total.